The molecule has 0 spiro atoms. The van der Waals surface area contributed by atoms with E-state index in [1.165, 1.54) is 21.5 Å². The fraction of sp³-hybridized carbons (Fsp3) is 0.167. The van der Waals surface area contributed by atoms with Crippen LogP contribution >= 0.6 is 11.3 Å². The average molecular weight is 295 g/mol. The molecule has 2 nitrogen and oxygen atoms in total. The number of hydrogen-bond acceptors (Lipinski definition) is 2. The minimum absolute atomic E-state index is 1.07. The summed E-state index contributed by atoms with van der Waals surface area (Å²) in [6.07, 6.45) is 5.37. The van der Waals surface area contributed by atoms with Gasteiger partial charge in [0.2, 0.25) is 11.0 Å². The van der Waals surface area contributed by atoms with Crippen LogP contribution in [0.4, 0.5) is 5.69 Å². The van der Waals surface area contributed by atoms with Gasteiger partial charge in [-0.05, 0) is 24.1 Å². The van der Waals surface area contributed by atoms with Crippen LogP contribution < -0.4 is 9.47 Å². The fourth-order valence-electron chi connectivity index (χ4n) is 2.49. The van der Waals surface area contributed by atoms with Crippen molar-refractivity contribution in [2.75, 3.05) is 11.9 Å². The topological polar surface area (TPSA) is 7.12 Å². The molecule has 0 aliphatic carbocycles. The minimum atomic E-state index is 1.07. The van der Waals surface area contributed by atoms with Gasteiger partial charge >= 0.3 is 0 Å². The molecule has 2 aromatic carbocycles. The zero-order valence-electron chi connectivity index (χ0n) is 12.4. The first-order valence-corrected chi connectivity index (χ1v) is 7.93. The Bertz CT molecular complexity index is 773. The summed E-state index contributed by atoms with van der Waals surface area (Å²) in [6.45, 7) is 0. The number of fused-ring (bicyclic) bond motifs is 2. The van der Waals surface area contributed by atoms with Gasteiger partial charge in [-0.2, -0.15) is 4.57 Å². The van der Waals surface area contributed by atoms with Gasteiger partial charge < -0.3 is 4.90 Å². The number of hydrogen-bond donors (Lipinski definition) is 0. The molecule has 0 bridgehead atoms. The summed E-state index contributed by atoms with van der Waals surface area (Å²) in [5.74, 6) is 0. The average Bonchev–Trinajstić information content (AvgIpc) is 2.91. The first-order chi connectivity index (χ1) is 10.3. The Hall–Kier alpha value is -2.13. The SMILES string of the molecule is CN1C=CCc2ccccc21.C[n+]1csc2ccccc21. The standard InChI is InChI=1S/C10H11N.C8H8NS/c1-11-8-4-6-9-5-2-3-7-10(9)11;1-9-6-10-8-5-3-2-4-7(8)9/h2-5,7-8H,6H2,1H3;2-6H,1H3/q;+1. The Morgan fingerprint density at radius 2 is 1.81 bits per heavy atom. The molecule has 0 fully saturated rings. The molecule has 0 radical (unpaired) electrons. The predicted octanol–water partition coefficient (Wildman–Crippen LogP) is 3.92. The van der Waals surface area contributed by atoms with Crippen LogP contribution in [0.25, 0.3) is 10.2 Å². The van der Waals surface area contributed by atoms with Crippen LogP contribution in [-0.4, -0.2) is 7.05 Å². The molecule has 106 valence electrons. The van der Waals surface area contributed by atoms with Crippen LogP contribution in [0.2, 0.25) is 0 Å². The third kappa shape index (κ3) is 2.98. The number of anilines is 1. The lowest BCUT2D eigenvalue weighted by Gasteiger charge is -2.21. The lowest BCUT2D eigenvalue weighted by Crippen LogP contribution is -2.24. The zero-order chi connectivity index (χ0) is 14.7. The number of para-hydroxylation sites is 2. The van der Waals surface area contributed by atoms with Crippen LogP contribution in [0.1, 0.15) is 5.56 Å². The molecule has 2 heterocycles. The lowest BCUT2D eigenvalue weighted by atomic mass is 10.1. The van der Waals surface area contributed by atoms with Crippen molar-refractivity contribution < 1.29 is 4.57 Å². The highest BCUT2D eigenvalue weighted by atomic mass is 32.1. The van der Waals surface area contributed by atoms with Crippen LogP contribution in [-0.2, 0) is 13.5 Å². The molecule has 0 amide bonds. The second-order valence-electron chi connectivity index (χ2n) is 5.13. The van der Waals surface area contributed by atoms with Crippen molar-refractivity contribution >= 4 is 27.2 Å². The number of thiazole rings is 1. The van der Waals surface area contributed by atoms with E-state index in [0.717, 1.165) is 6.42 Å². The zero-order valence-corrected chi connectivity index (χ0v) is 13.2. The van der Waals surface area contributed by atoms with Crippen LogP contribution in [0.3, 0.4) is 0 Å². The van der Waals surface area contributed by atoms with Gasteiger partial charge in [0, 0.05) is 25.0 Å². The number of benzene rings is 2. The molecule has 21 heavy (non-hydrogen) atoms. The van der Waals surface area contributed by atoms with Gasteiger partial charge in [-0.1, -0.05) is 47.7 Å². The van der Waals surface area contributed by atoms with Crippen molar-refractivity contribution in [2.24, 2.45) is 7.05 Å². The third-order valence-electron chi connectivity index (χ3n) is 3.62. The Balaban J connectivity index is 0.000000126. The van der Waals surface area contributed by atoms with Gasteiger partial charge in [-0.3, -0.25) is 0 Å². The molecule has 0 unspecified atom stereocenters. The molecule has 3 heteroatoms. The van der Waals surface area contributed by atoms with E-state index < -0.39 is 0 Å². The number of allylic oxidation sites excluding steroid dienone is 1. The fourth-order valence-corrected chi connectivity index (χ4v) is 3.36. The van der Waals surface area contributed by atoms with Crippen molar-refractivity contribution in [3.63, 3.8) is 0 Å². The Morgan fingerprint density at radius 1 is 1.05 bits per heavy atom. The first-order valence-electron chi connectivity index (χ1n) is 7.05. The van der Waals surface area contributed by atoms with Gasteiger partial charge in [0.25, 0.3) is 0 Å². The van der Waals surface area contributed by atoms with Crippen LogP contribution in [0.15, 0.2) is 66.3 Å². The highest BCUT2D eigenvalue weighted by Gasteiger charge is 2.06. The molecule has 0 atom stereocenters. The minimum Gasteiger partial charge on any atom is -0.351 e. The van der Waals surface area contributed by atoms with E-state index >= 15 is 0 Å². The molecule has 0 saturated heterocycles. The van der Waals surface area contributed by atoms with Crippen molar-refractivity contribution in [3.05, 3.63) is 71.9 Å². The number of aromatic nitrogens is 1. The quantitative estimate of drug-likeness (QED) is 0.570. The van der Waals surface area contributed by atoms with Gasteiger partial charge in [0.05, 0.1) is 0 Å². The summed E-state index contributed by atoms with van der Waals surface area (Å²) >= 11 is 1.78. The van der Waals surface area contributed by atoms with E-state index in [0.29, 0.717) is 0 Å². The maximum Gasteiger partial charge on any atom is 0.225 e. The Kier molecular flexibility index (Phi) is 4.02. The summed E-state index contributed by atoms with van der Waals surface area (Å²) in [5.41, 5.74) is 6.17. The highest BCUT2D eigenvalue weighted by Crippen LogP contribution is 2.23. The highest BCUT2D eigenvalue weighted by molar-refractivity contribution is 7.16. The largest absolute Gasteiger partial charge is 0.351 e. The third-order valence-corrected chi connectivity index (χ3v) is 4.64. The predicted molar refractivity (Wildman–Crippen MR) is 90.7 cm³/mol. The van der Waals surface area contributed by atoms with Gasteiger partial charge in [-0.15, -0.1) is 0 Å². The molecular weight excluding hydrogens is 276 g/mol. The van der Waals surface area contributed by atoms with Crippen molar-refractivity contribution in [2.45, 2.75) is 6.42 Å². The summed E-state index contributed by atoms with van der Waals surface area (Å²) < 4.78 is 3.49. The van der Waals surface area contributed by atoms with Crippen LogP contribution in [0, 0.1) is 0 Å². The summed E-state index contributed by atoms with van der Waals surface area (Å²) in [7, 11) is 4.15. The second-order valence-corrected chi connectivity index (χ2v) is 6.02. The van der Waals surface area contributed by atoms with E-state index in [2.05, 4.69) is 89.9 Å². The van der Waals surface area contributed by atoms with E-state index in [4.69, 9.17) is 0 Å². The second kappa shape index (κ2) is 6.10. The van der Waals surface area contributed by atoms with Gasteiger partial charge in [0.15, 0.2) is 0 Å². The van der Waals surface area contributed by atoms with E-state index in [1.54, 1.807) is 11.3 Å². The molecule has 3 aromatic rings. The molecule has 1 aliphatic heterocycles. The molecule has 0 saturated carbocycles. The molecular formula is C18H19N2S+. The normalized spacial score (nSPS) is 12.8. The smallest absolute Gasteiger partial charge is 0.225 e. The van der Waals surface area contributed by atoms with Gasteiger partial charge in [0.1, 0.15) is 11.7 Å². The summed E-state index contributed by atoms with van der Waals surface area (Å²) in [6, 6.07) is 16.9. The number of rotatable bonds is 0. The van der Waals surface area contributed by atoms with Crippen molar-refractivity contribution in [1.29, 1.82) is 0 Å². The lowest BCUT2D eigenvalue weighted by molar-refractivity contribution is -0.640. The van der Waals surface area contributed by atoms with Crippen molar-refractivity contribution in [1.82, 2.24) is 0 Å². The van der Waals surface area contributed by atoms with E-state index in [9.17, 15) is 0 Å². The maximum atomic E-state index is 2.18. The summed E-state index contributed by atoms with van der Waals surface area (Å²) in [5, 5.41) is 0. The molecule has 1 aromatic heterocycles. The Morgan fingerprint density at radius 3 is 2.62 bits per heavy atom. The van der Waals surface area contributed by atoms with Gasteiger partial charge in [-0.25, -0.2) is 0 Å². The monoisotopic (exact) mass is 295 g/mol. The molecule has 0 N–H and O–H groups in total. The first kappa shape index (κ1) is 13.8. The molecule has 1 aliphatic rings. The summed E-state index contributed by atoms with van der Waals surface area (Å²) in [4.78, 5) is 2.15. The molecule has 4 rings (SSSR count). The Labute approximate surface area is 129 Å². The van der Waals surface area contributed by atoms with E-state index in [-0.39, 0.29) is 0 Å². The van der Waals surface area contributed by atoms with Crippen LogP contribution in [0.5, 0.6) is 0 Å². The van der Waals surface area contributed by atoms with Crippen molar-refractivity contribution in [3.8, 4) is 0 Å². The maximum absolute atomic E-state index is 2.18. The van der Waals surface area contributed by atoms with E-state index in [1.807, 2.05) is 0 Å². The number of nitrogens with zero attached hydrogens (tertiary/aromatic N) is 2. The number of aryl methyl sites for hydroxylation is 1.